The number of hydrogen-bond donors (Lipinski definition) is 1. The molecule has 0 heterocycles. The summed E-state index contributed by atoms with van der Waals surface area (Å²) in [5.41, 5.74) is 6.48. The van der Waals surface area contributed by atoms with Gasteiger partial charge in [-0.25, -0.2) is 0 Å². The summed E-state index contributed by atoms with van der Waals surface area (Å²) in [6.07, 6.45) is 10.1. The molecule has 0 radical (unpaired) electrons. The number of nitrogens with two attached hydrogens (primary N) is 1. The molecule has 0 saturated heterocycles. The van der Waals surface area contributed by atoms with E-state index in [2.05, 4.69) is 0 Å². The zero-order valence-electron chi connectivity index (χ0n) is 4.67. The first-order valence-electron chi connectivity index (χ1n) is 2.68. The van der Waals surface area contributed by atoms with Crippen LogP contribution >= 0.6 is 0 Å². The molecule has 1 aliphatic rings. The number of allylic oxidation sites excluding steroid dienone is 5. The van der Waals surface area contributed by atoms with Gasteiger partial charge >= 0.3 is 0 Å². The lowest BCUT2D eigenvalue weighted by atomic mass is 10.3. The van der Waals surface area contributed by atoms with Crippen molar-refractivity contribution in [3.8, 4) is 0 Å². The fraction of sp³-hybridized carbons (Fsp3) is 0.143. The van der Waals surface area contributed by atoms with Crippen molar-refractivity contribution >= 4 is 0 Å². The Morgan fingerprint density at radius 3 is 2.50 bits per heavy atom. The van der Waals surface area contributed by atoms with Gasteiger partial charge in [-0.15, -0.1) is 0 Å². The van der Waals surface area contributed by atoms with Gasteiger partial charge in [0.15, 0.2) is 0 Å². The fourth-order valence-corrected chi connectivity index (χ4v) is 0.661. The van der Waals surface area contributed by atoms with Gasteiger partial charge in [0.1, 0.15) is 0 Å². The maximum absolute atomic E-state index is 5.26. The molecule has 1 aliphatic carbocycles. The van der Waals surface area contributed by atoms with Crippen molar-refractivity contribution in [3.63, 3.8) is 0 Å². The second-order valence-corrected chi connectivity index (χ2v) is 1.66. The molecular formula is C7H9N. The number of rotatable bonds is 1. The Balaban J connectivity index is 2.60. The smallest absolute Gasteiger partial charge is 0.0115 e. The SMILES string of the molecule is NCC=C1C=CC=C1. The van der Waals surface area contributed by atoms with Crippen LogP contribution in [0.1, 0.15) is 0 Å². The Bertz CT molecular complexity index is 138. The minimum atomic E-state index is 0.629. The van der Waals surface area contributed by atoms with E-state index in [-0.39, 0.29) is 0 Å². The van der Waals surface area contributed by atoms with Crippen LogP contribution in [0.5, 0.6) is 0 Å². The van der Waals surface area contributed by atoms with Crippen LogP contribution in [0.4, 0.5) is 0 Å². The van der Waals surface area contributed by atoms with Gasteiger partial charge in [0.05, 0.1) is 0 Å². The summed E-state index contributed by atoms with van der Waals surface area (Å²) < 4.78 is 0. The molecule has 0 aromatic carbocycles. The minimum absolute atomic E-state index is 0.629. The first kappa shape index (κ1) is 5.32. The van der Waals surface area contributed by atoms with Crippen molar-refractivity contribution < 1.29 is 0 Å². The van der Waals surface area contributed by atoms with Crippen molar-refractivity contribution in [3.05, 3.63) is 36.0 Å². The third-order valence-electron chi connectivity index (χ3n) is 1.04. The molecule has 8 heavy (non-hydrogen) atoms. The molecule has 1 heteroatoms. The molecule has 0 amide bonds. The Morgan fingerprint density at radius 1 is 1.38 bits per heavy atom. The summed E-state index contributed by atoms with van der Waals surface area (Å²) >= 11 is 0. The number of hydrogen-bond acceptors (Lipinski definition) is 1. The Kier molecular flexibility index (Phi) is 1.65. The van der Waals surface area contributed by atoms with E-state index in [9.17, 15) is 0 Å². The molecule has 0 spiro atoms. The van der Waals surface area contributed by atoms with Crippen LogP contribution in [-0.4, -0.2) is 6.54 Å². The van der Waals surface area contributed by atoms with Crippen molar-refractivity contribution in [2.45, 2.75) is 0 Å². The molecule has 0 fully saturated rings. The van der Waals surface area contributed by atoms with E-state index in [0.717, 1.165) is 0 Å². The topological polar surface area (TPSA) is 26.0 Å². The molecule has 0 bridgehead atoms. The summed E-state index contributed by atoms with van der Waals surface area (Å²) in [4.78, 5) is 0. The zero-order chi connectivity index (χ0) is 5.82. The predicted molar refractivity (Wildman–Crippen MR) is 35.4 cm³/mol. The molecule has 0 saturated carbocycles. The van der Waals surface area contributed by atoms with Crippen LogP contribution in [0.15, 0.2) is 36.0 Å². The van der Waals surface area contributed by atoms with Crippen molar-refractivity contribution in [2.75, 3.05) is 6.54 Å². The highest BCUT2D eigenvalue weighted by atomic mass is 14.5. The predicted octanol–water partition coefficient (Wildman–Crippen LogP) is 0.998. The second-order valence-electron chi connectivity index (χ2n) is 1.66. The van der Waals surface area contributed by atoms with E-state index in [1.807, 2.05) is 30.4 Å². The maximum atomic E-state index is 5.26. The van der Waals surface area contributed by atoms with E-state index < -0.39 is 0 Å². The Morgan fingerprint density at radius 2 is 2.00 bits per heavy atom. The van der Waals surface area contributed by atoms with Crippen molar-refractivity contribution in [2.24, 2.45) is 5.73 Å². The van der Waals surface area contributed by atoms with Crippen molar-refractivity contribution in [1.82, 2.24) is 0 Å². The molecule has 0 aliphatic heterocycles. The van der Waals surface area contributed by atoms with Crippen LogP contribution in [0.3, 0.4) is 0 Å². The molecule has 0 unspecified atom stereocenters. The van der Waals surface area contributed by atoms with Gasteiger partial charge in [-0.3, -0.25) is 0 Å². The van der Waals surface area contributed by atoms with Gasteiger partial charge in [-0.05, 0) is 5.57 Å². The summed E-state index contributed by atoms with van der Waals surface area (Å²) in [6.45, 7) is 0.629. The molecule has 0 aromatic rings. The van der Waals surface area contributed by atoms with E-state index in [0.29, 0.717) is 6.54 Å². The minimum Gasteiger partial charge on any atom is -0.327 e. The normalized spacial score (nSPS) is 15.4. The van der Waals surface area contributed by atoms with Gasteiger partial charge in [0.2, 0.25) is 0 Å². The summed E-state index contributed by atoms with van der Waals surface area (Å²) in [6, 6.07) is 0. The van der Waals surface area contributed by atoms with E-state index in [4.69, 9.17) is 5.73 Å². The van der Waals surface area contributed by atoms with Crippen LogP contribution in [0, 0.1) is 0 Å². The van der Waals surface area contributed by atoms with Gasteiger partial charge in [-0.2, -0.15) is 0 Å². The molecule has 0 atom stereocenters. The zero-order valence-corrected chi connectivity index (χ0v) is 4.67. The molecular weight excluding hydrogens is 98.1 g/mol. The van der Waals surface area contributed by atoms with Crippen LogP contribution < -0.4 is 5.73 Å². The average Bonchev–Trinajstić information content (AvgIpc) is 2.19. The Labute approximate surface area is 49.2 Å². The quantitative estimate of drug-likeness (QED) is 0.531. The molecule has 2 N–H and O–H groups in total. The largest absolute Gasteiger partial charge is 0.327 e. The third kappa shape index (κ3) is 1.07. The second kappa shape index (κ2) is 2.48. The maximum Gasteiger partial charge on any atom is 0.0115 e. The fourth-order valence-electron chi connectivity index (χ4n) is 0.661. The lowest BCUT2D eigenvalue weighted by Gasteiger charge is -1.83. The first-order chi connectivity index (χ1) is 3.93. The standard InChI is InChI=1S/C7H9N/c8-6-5-7-3-1-2-4-7/h1-5H,6,8H2. The Hall–Kier alpha value is -0.820. The third-order valence-corrected chi connectivity index (χ3v) is 1.04. The van der Waals surface area contributed by atoms with Gasteiger partial charge in [0.25, 0.3) is 0 Å². The lowest BCUT2D eigenvalue weighted by Crippen LogP contribution is -1.93. The van der Waals surface area contributed by atoms with Crippen LogP contribution in [0.2, 0.25) is 0 Å². The lowest BCUT2D eigenvalue weighted by molar-refractivity contribution is 1.24. The molecule has 42 valence electrons. The van der Waals surface area contributed by atoms with Crippen LogP contribution in [0.25, 0.3) is 0 Å². The average molecular weight is 107 g/mol. The van der Waals surface area contributed by atoms with Gasteiger partial charge in [-0.1, -0.05) is 30.4 Å². The summed E-state index contributed by atoms with van der Waals surface area (Å²) in [7, 11) is 0. The molecule has 1 nitrogen and oxygen atoms in total. The highest BCUT2D eigenvalue weighted by molar-refractivity contribution is 5.39. The van der Waals surface area contributed by atoms with E-state index in [1.165, 1.54) is 5.57 Å². The van der Waals surface area contributed by atoms with Gasteiger partial charge in [0, 0.05) is 6.54 Å². The molecule has 0 aromatic heterocycles. The van der Waals surface area contributed by atoms with E-state index in [1.54, 1.807) is 0 Å². The highest BCUT2D eigenvalue weighted by Crippen LogP contribution is 2.04. The summed E-state index contributed by atoms with van der Waals surface area (Å²) in [5, 5.41) is 0. The molecule has 1 rings (SSSR count). The summed E-state index contributed by atoms with van der Waals surface area (Å²) in [5.74, 6) is 0. The van der Waals surface area contributed by atoms with Crippen molar-refractivity contribution in [1.29, 1.82) is 0 Å². The highest BCUT2D eigenvalue weighted by Gasteiger charge is 1.86. The van der Waals surface area contributed by atoms with Crippen LogP contribution in [-0.2, 0) is 0 Å². The first-order valence-corrected chi connectivity index (χ1v) is 2.68. The van der Waals surface area contributed by atoms with E-state index >= 15 is 0 Å². The van der Waals surface area contributed by atoms with Gasteiger partial charge < -0.3 is 5.73 Å². The monoisotopic (exact) mass is 107 g/mol.